The quantitative estimate of drug-likeness (QED) is 0.514. The summed E-state index contributed by atoms with van der Waals surface area (Å²) >= 11 is 0. The predicted molar refractivity (Wildman–Crippen MR) is 61.5 cm³/mol. The summed E-state index contributed by atoms with van der Waals surface area (Å²) in [4.78, 5) is 11.0. The number of carbonyl (C=O) groups excluding carboxylic acids is 1. The third-order valence-electron chi connectivity index (χ3n) is 3.67. The van der Waals surface area contributed by atoms with Crippen LogP contribution >= 0.6 is 0 Å². The maximum absolute atomic E-state index is 11.0. The van der Waals surface area contributed by atoms with Crippen LogP contribution in [0, 0.1) is 11.3 Å². The third kappa shape index (κ3) is 2.83. The summed E-state index contributed by atoms with van der Waals surface area (Å²) in [6, 6.07) is 0. The Bertz CT molecular complexity index is 257. The molecule has 2 nitrogen and oxygen atoms in total. The second kappa shape index (κ2) is 4.82. The van der Waals surface area contributed by atoms with E-state index in [-0.39, 0.29) is 5.97 Å². The molecule has 1 saturated carbocycles. The van der Waals surface area contributed by atoms with Crippen LogP contribution in [0.3, 0.4) is 0 Å². The zero-order valence-corrected chi connectivity index (χ0v) is 10.1. The summed E-state index contributed by atoms with van der Waals surface area (Å²) in [6.07, 6.45) is 3.92. The van der Waals surface area contributed by atoms with E-state index in [2.05, 4.69) is 20.4 Å². The minimum absolute atomic E-state index is 0.0928. The molecule has 0 radical (unpaired) electrons. The van der Waals surface area contributed by atoms with Crippen molar-refractivity contribution in [2.75, 3.05) is 6.61 Å². The van der Waals surface area contributed by atoms with E-state index in [1.165, 1.54) is 18.4 Å². The smallest absolute Gasteiger partial charge is 0.305 e. The molecule has 0 aromatic heterocycles. The molecular formula is C13H22O2. The molecule has 0 aliphatic heterocycles. The molecule has 2 heteroatoms. The van der Waals surface area contributed by atoms with E-state index in [1.807, 2.05) is 6.92 Å². The van der Waals surface area contributed by atoms with E-state index in [1.54, 1.807) is 0 Å². The Kier molecular flexibility index (Phi) is 3.95. The average Bonchev–Trinajstić information content (AvgIpc) is 2.14. The Morgan fingerprint density at radius 1 is 1.60 bits per heavy atom. The van der Waals surface area contributed by atoms with Gasteiger partial charge in [0.15, 0.2) is 0 Å². The van der Waals surface area contributed by atoms with Crippen molar-refractivity contribution in [1.82, 2.24) is 0 Å². The summed E-state index contributed by atoms with van der Waals surface area (Å²) in [5.74, 6) is 0.530. The molecule has 0 saturated heterocycles. The zero-order valence-electron chi connectivity index (χ0n) is 10.1. The lowest BCUT2D eigenvalue weighted by molar-refractivity contribution is -0.144. The van der Waals surface area contributed by atoms with Crippen molar-refractivity contribution in [3.8, 4) is 0 Å². The third-order valence-corrected chi connectivity index (χ3v) is 3.67. The lowest BCUT2D eigenvalue weighted by atomic mass is 9.57. The number of rotatable bonds is 5. The molecule has 1 aliphatic rings. The molecule has 0 aromatic carbocycles. The molecule has 15 heavy (non-hydrogen) atoms. The number of allylic oxidation sites excluding steroid dienone is 1. The van der Waals surface area contributed by atoms with Crippen LogP contribution in [0.1, 0.15) is 46.5 Å². The highest BCUT2D eigenvalue weighted by Crippen LogP contribution is 2.51. The molecule has 1 rings (SSSR count). The average molecular weight is 210 g/mol. The van der Waals surface area contributed by atoms with Gasteiger partial charge in [-0.1, -0.05) is 26.0 Å². The van der Waals surface area contributed by atoms with Crippen molar-refractivity contribution in [3.63, 3.8) is 0 Å². The molecule has 0 amide bonds. The van der Waals surface area contributed by atoms with Crippen LogP contribution in [0.25, 0.3) is 0 Å². The van der Waals surface area contributed by atoms with Gasteiger partial charge in [-0.15, -0.1) is 0 Å². The van der Waals surface area contributed by atoms with Crippen molar-refractivity contribution >= 4 is 5.97 Å². The number of carbonyl (C=O) groups is 1. The fourth-order valence-corrected chi connectivity index (χ4v) is 2.42. The van der Waals surface area contributed by atoms with Crippen LogP contribution < -0.4 is 0 Å². The van der Waals surface area contributed by atoms with E-state index in [0.29, 0.717) is 24.4 Å². The highest BCUT2D eigenvalue weighted by Gasteiger charge is 2.42. The zero-order chi connectivity index (χ0) is 11.5. The minimum Gasteiger partial charge on any atom is -0.466 e. The predicted octanol–water partition coefficient (Wildman–Crippen LogP) is 3.32. The molecule has 0 heterocycles. The Morgan fingerprint density at radius 3 is 2.67 bits per heavy atom. The summed E-state index contributed by atoms with van der Waals surface area (Å²) in [6.45, 7) is 10.8. The van der Waals surface area contributed by atoms with Crippen molar-refractivity contribution < 1.29 is 9.53 Å². The SMILES string of the molecule is C=C(C)C1CCC1(C)CCOC(=O)CC. The van der Waals surface area contributed by atoms with Gasteiger partial charge in [0.2, 0.25) is 0 Å². The Hall–Kier alpha value is -0.790. The van der Waals surface area contributed by atoms with Crippen molar-refractivity contribution in [3.05, 3.63) is 12.2 Å². The molecule has 2 atom stereocenters. The fourth-order valence-electron chi connectivity index (χ4n) is 2.42. The van der Waals surface area contributed by atoms with Gasteiger partial charge in [0.05, 0.1) is 6.61 Å². The van der Waals surface area contributed by atoms with Gasteiger partial charge in [-0.05, 0) is 37.5 Å². The molecule has 1 aliphatic carbocycles. The molecule has 0 bridgehead atoms. The van der Waals surface area contributed by atoms with Crippen LogP contribution in [0.15, 0.2) is 12.2 Å². The van der Waals surface area contributed by atoms with Gasteiger partial charge in [-0.25, -0.2) is 0 Å². The first-order valence-electron chi connectivity index (χ1n) is 5.80. The van der Waals surface area contributed by atoms with Gasteiger partial charge in [0.25, 0.3) is 0 Å². The lowest BCUT2D eigenvalue weighted by Gasteiger charge is -2.48. The van der Waals surface area contributed by atoms with Gasteiger partial charge < -0.3 is 4.74 Å². The molecule has 0 N–H and O–H groups in total. The van der Waals surface area contributed by atoms with Gasteiger partial charge in [-0.3, -0.25) is 4.79 Å². The molecule has 86 valence electrons. The normalized spacial score (nSPS) is 29.4. The highest BCUT2D eigenvalue weighted by molar-refractivity contribution is 5.68. The van der Waals surface area contributed by atoms with E-state index in [9.17, 15) is 4.79 Å². The lowest BCUT2D eigenvalue weighted by Crippen LogP contribution is -2.39. The summed E-state index contributed by atoms with van der Waals surface area (Å²) in [5, 5.41) is 0. The second-order valence-corrected chi connectivity index (χ2v) is 4.92. The number of ether oxygens (including phenoxy) is 1. The highest BCUT2D eigenvalue weighted by atomic mass is 16.5. The summed E-state index contributed by atoms with van der Waals surface area (Å²) < 4.78 is 5.12. The maximum Gasteiger partial charge on any atom is 0.305 e. The maximum atomic E-state index is 11.0. The van der Waals surface area contributed by atoms with Gasteiger partial charge >= 0.3 is 5.97 Å². The van der Waals surface area contributed by atoms with Crippen LogP contribution in [-0.2, 0) is 9.53 Å². The van der Waals surface area contributed by atoms with Crippen LogP contribution in [0.5, 0.6) is 0 Å². The first-order chi connectivity index (χ1) is 6.99. The molecule has 2 unspecified atom stereocenters. The van der Waals surface area contributed by atoms with E-state index in [0.717, 1.165) is 6.42 Å². The van der Waals surface area contributed by atoms with Crippen LogP contribution in [-0.4, -0.2) is 12.6 Å². The van der Waals surface area contributed by atoms with Crippen molar-refractivity contribution in [1.29, 1.82) is 0 Å². The number of hydrogen-bond donors (Lipinski definition) is 0. The summed E-state index contributed by atoms with van der Waals surface area (Å²) in [7, 11) is 0. The van der Waals surface area contributed by atoms with E-state index in [4.69, 9.17) is 4.74 Å². The Morgan fingerprint density at radius 2 is 2.27 bits per heavy atom. The molecule has 0 spiro atoms. The molecule has 0 aromatic rings. The Labute approximate surface area is 92.7 Å². The molecule has 1 fully saturated rings. The van der Waals surface area contributed by atoms with E-state index >= 15 is 0 Å². The van der Waals surface area contributed by atoms with Gasteiger partial charge in [-0.2, -0.15) is 0 Å². The largest absolute Gasteiger partial charge is 0.466 e. The number of hydrogen-bond acceptors (Lipinski definition) is 2. The first-order valence-corrected chi connectivity index (χ1v) is 5.80. The van der Waals surface area contributed by atoms with Gasteiger partial charge in [0, 0.05) is 6.42 Å². The minimum atomic E-state index is -0.0928. The summed E-state index contributed by atoms with van der Waals surface area (Å²) in [5.41, 5.74) is 1.59. The number of esters is 1. The molecular weight excluding hydrogens is 188 g/mol. The Balaban J connectivity index is 2.32. The monoisotopic (exact) mass is 210 g/mol. The van der Waals surface area contributed by atoms with Crippen molar-refractivity contribution in [2.45, 2.75) is 46.5 Å². The van der Waals surface area contributed by atoms with E-state index < -0.39 is 0 Å². The second-order valence-electron chi connectivity index (χ2n) is 4.92. The first kappa shape index (κ1) is 12.3. The topological polar surface area (TPSA) is 26.3 Å². The van der Waals surface area contributed by atoms with Crippen LogP contribution in [0.4, 0.5) is 0 Å². The van der Waals surface area contributed by atoms with Crippen molar-refractivity contribution in [2.24, 2.45) is 11.3 Å². The fraction of sp³-hybridized carbons (Fsp3) is 0.769. The standard InChI is InChI=1S/C13H22O2/c1-5-12(14)15-9-8-13(4)7-6-11(13)10(2)3/h11H,2,5-9H2,1,3-4H3. The van der Waals surface area contributed by atoms with Gasteiger partial charge in [0.1, 0.15) is 0 Å². The van der Waals surface area contributed by atoms with Crippen LogP contribution in [0.2, 0.25) is 0 Å².